The van der Waals surface area contributed by atoms with Crippen molar-refractivity contribution in [1.82, 2.24) is 5.32 Å². The molecule has 1 aliphatic rings. The number of barbiturate groups is 1. The Labute approximate surface area is 230 Å². The molecule has 184 valence electrons. The molecule has 0 atom stereocenters. The number of nitrogens with one attached hydrogen (secondary N) is 1. The molecule has 5 rings (SSSR count). The summed E-state index contributed by atoms with van der Waals surface area (Å²) in [5, 5.41) is 4.54. The van der Waals surface area contributed by atoms with Crippen LogP contribution < -0.4 is 15.0 Å². The molecule has 6 nitrogen and oxygen atoms in total. The lowest BCUT2D eigenvalue weighted by molar-refractivity contribution is -0.122. The Morgan fingerprint density at radius 3 is 2.24 bits per heavy atom. The number of amides is 4. The highest BCUT2D eigenvalue weighted by atomic mass is 79.9. The summed E-state index contributed by atoms with van der Waals surface area (Å²) in [5.74, 6) is -0.852. The number of imide groups is 2. The van der Waals surface area contributed by atoms with Gasteiger partial charge in [-0.25, -0.2) is 9.69 Å². The van der Waals surface area contributed by atoms with Crippen LogP contribution in [0.5, 0.6) is 5.75 Å². The molecular formula is C29H20Br2N2O4. The second-order valence-electron chi connectivity index (χ2n) is 8.58. The van der Waals surface area contributed by atoms with Crippen LogP contribution in [0.2, 0.25) is 0 Å². The summed E-state index contributed by atoms with van der Waals surface area (Å²) >= 11 is 7.07. The highest BCUT2D eigenvalue weighted by molar-refractivity contribution is 9.11. The number of ether oxygens (including phenoxy) is 1. The van der Waals surface area contributed by atoms with Gasteiger partial charge in [-0.2, -0.15) is 0 Å². The molecule has 37 heavy (non-hydrogen) atoms. The lowest BCUT2D eigenvalue weighted by Crippen LogP contribution is -2.54. The lowest BCUT2D eigenvalue weighted by atomic mass is 10.1. The summed E-state index contributed by atoms with van der Waals surface area (Å²) in [5.41, 5.74) is 2.82. The smallest absolute Gasteiger partial charge is 0.335 e. The first-order valence-corrected chi connectivity index (χ1v) is 13.0. The van der Waals surface area contributed by atoms with Gasteiger partial charge in [-0.05, 0) is 97.1 Å². The van der Waals surface area contributed by atoms with Crippen LogP contribution in [0, 0.1) is 6.92 Å². The molecule has 4 amide bonds. The average Bonchev–Trinajstić information content (AvgIpc) is 2.87. The quantitative estimate of drug-likeness (QED) is 0.194. The molecular weight excluding hydrogens is 600 g/mol. The number of benzene rings is 4. The first kappa shape index (κ1) is 24.9. The Morgan fingerprint density at radius 1 is 0.865 bits per heavy atom. The summed E-state index contributed by atoms with van der Waals surface area (Å²) in [6, 6.07) is 23.9. The maximum absolute atomic E-state index is 13.2. The third-order valence-electron chi connectivity index (χ3n) is 5.92. The summed E-state index contributed by atoms with van der Waals surface area (Å²) in [7, 11) is 0. The summed E-state index contributed by atoms with van der Waals surface area (Å²) < 4.78 is 7.36. The molecule has 4 aromatic rings. The lowest BCUT2D eigenvalue weighted by Gasteiger charge is -2.26. The zero-order valence-corrected chi connectivity index (χ0v) is 22.8. The molecule has 1 heterocycles. The number of anilines is 1. The van der Waals surface area contributed by atoms with E-state index in [0.717, 1.165) is 26.8 Å². The minimum absolute atomic E-state index is 0.149. The van der Waals surface area contributed by atoms with Crippen molar-refractivity contribution in [2.75, 3.05) is 4.90 Å². The second-order valence-corrected chi connectivity index (χ2v) is 10.3. The zero-order valence-electron chi connectivity index (χ0n) is 19.6. The third-order valence-corrected chi connectivity index (χ3v) is 7.10. The van der Waals surface area contributed by atoms with Crippen molar-refractivity contribution in [2.45, 2.75) is 13.5 Å². The maximum Gasteiger partial charge on any atom is 0.335 e. The van der Waals surface area contributed by atoms with Crippen molar-refractivity contribution in [3.05, 3.63) is 110 Å². The van der Waals surface area contributed by atoms with Gasteiger partial charge in [0.05, 0.1) is 14.6 Å². The number of fused-ring (bicyclic) bond motifs is 1. The van der Waals surface area contributed by atoms with Crippen molar-refractivity contribution >= 4 is 72.2 Å². The molecule has 4 aromatic carbocycles. The van der Waals surface area contributed by atoms with Gasteiger partial charge < -0.3 is 4.74 Å². The van der Waals surface area contributed by atoms with E-state index in [1.807, 2.05) is 25.1 Å². The number of rotatable bonds is 5. The van der Waals surface area contributed by atoms with Crippen LogP contribution >= 0.6 is 31.9 Å². The first-order chi connectivity index (χ1) is 17.8. The van der Waals surface area contributed by atoms with E-state index in [0.29, 0.717) is 32.6 Å². The Bertz CT molecular complexity index is 1570. The molecule has 1 saturated heterocycles. The van der Waals surface area contributed by atoms with Gasteiger partial charge in [0.15, 0.2) is 0 Å². The van der Waals surface area contributed by atoms with Gasteiger partial charge in [0.1, 0.15) is 17.9 Å². The van der Waals surface area contributed by atoms with Gasteiger partial charge in [-0.1, -0.05) is 54.1 Å². The molecule has 0 spiro atoms. The Hall–Kier alpha value is -3.75. The van der Waals surface area contributed by atoms with E-state index < -0.39 is 17.8 Å². The van der Waals surface area contributed by atoms with Crippen molar-refractivity contribution in [3.63, 3.8) is 0 Å². The fourth-order valence-electron chi connectivity index (χ4n) is 4.04. The number of carbonyl (C=O) groups excluding carboxylic acids is 3. The number of nitrogens with zero attached hydrogens (tertiary/aromatic N) is 1. The Balaban J connectivity index is 1.39. The predicted octanol–water partition coefficient (Wildman–Crippen LogP) is 6.92. The maximum atomic E-state index is 13.2. The van der Waals surface area contributed by atoms with E-state index in [-0.39, 0.29) is 5.57 Å². The number of urea groups is 1. The molecule has 0 aliphatic carbocycles. The molecule has 8 heteroatoms. The van der Waals surface area contributed by atoms with Gasteiger partial charge in [0, 0.05) is 0 Å². The molecule has 0 aromatic heterocycles. The van der Waals surface area contributed by atoms with Gasteiger partial charge >= 0.3 is 6.03 Å². The van der Waals surface area contributed by atoms with Crippen LogP contribution in [0.15, 0.2) is 93.4 Å². The van der Waals surface area contributed by atoms with E-state index in [9.17, 15) is 14.4 Å². The molecule has 0 unspecified atom stereocenters. The van der Waals surface area contributed by atoms with Crippen LogP contribution in [-0.4, -0.2) is 17.8 Å². The van der Waals surface area contributed by atoms with E-state index in [4.69, 9.17) is 4.74 Å². The summed E-state index contributed by atoms with van der Waals surface area (Å²) in [6.07, 6.45) is 1.45. The van der Waals surface area contributed by atoms with Crippen LogP contribution in [0.3, 0.4) is 0 Å². The largest absolute Gasteiger partial charge is 0.487 e. The summed E-state index contributed by atoms with van der Waals surface area (Å²) in [4.78, 5) is 39.1. The van der Waals surface area contributed by atoms with Crippen molar-refractivity contribution in [2.24, 2.45) is 0 Å². The SMILES string of the molecule is Cc1ccc(N2C(=O)NC(=O)/C(=C\c3cc(Br)c(OCc4ccc5ccccc5c4)c(Br)c3)C2=O)cc1. The number of carbonyl (C=O) groups is 3. The standard InChI is InChI=1S/C29H20Br2N2O4/c1-17-6-10-22(11-7-17)33-28(35)23(27(34)32-29(33)36)13-19-14-24(30)26(25(31)15-19)37-16-18-8-9-20-4-2-3-5-21(20)12-18/h2-15H,16H2,1H3,(H,32,34,36)/b23-13+. The number of aryl methyl sites for hydroxylation is 1. The Morgan fingerprint density at radius 2 is 1.54 bits per heavy atom. The zero-order chi connectivity index (χ0) is 26.1. The fraction of sp³-hybridized carbons (Fsp3) is 0.0690. The van der Waals surface area contributed by atoms with Crippen molar-refractivity contribution in [1.29, 1.82) is 0 Å². The first-order valence-electron chi connectivity index (χ1n) is 11.4. The molecule has 1 aliphatic heterocycles. The second kappa shape index (κ2) is 10.3. The minimum Gasteiger partial charge on any atom is -0.487 e. The van der Waals surface area contributed by atoms with E-state index in [1.165, 1.54) is 6.08 Å². The average molecular weight is 620 g/mol. The van der Waals surface area contributed by atoms with Gasteiger partial charge in [-0.3, -0.25) is 14.9 Å². The van der Waals surface area contributed by atoms with Crippen molar-refractivity contribution < 1.29 is 19.1 Å². The van der Waals surface area contributed by atoms with Crippen molar-refractivity contribution in [3.8, 4) is 5.75 Å². The van der Waals surface area contributed by atoms with Gasteiger partial charge in [0.2, 0.25) is 0 Å². The number of hydrogen-bond acceptors (Lipinski definition) is 4. The van der Waals surface area contributed by atoms with Gasteiger partial charge in [0.25, 0.3) is 11.8 Å². The molecule has 1 fully saturated rings. The van der Waals surface area contributed by atoms with E-state index >= 15 is 0 Å². The van der Waals surface area contributed by atoms with Crippen LogP contribution in [0.1, 0.15) is 16.7 Å². The van der Waals surface area contributed by atoms with Crippen LogP contribution in [-0.2, 0) is 16.2 Å². The Kier molecular flexibility index (Phi) is 6.95. The molecule has 1 N–H and O–H groups in total. The third kappa shape index (κ3) is 5.21. The molecule has 0 bridgehead atoms. The highest BCUT2D eigenvalue weighted by Crippen LogP contribution is 2.36. The monoisotopic (exact) mass is 618 g/mol. The number of hydrogen-bond donors (Lipinski definition) is 1. The van der Waals surface area contributed by atoms with E-state index in [1.54, 1.807) is 36.4 Å². The highest BCUT2D eigenvalue weighted by Gasteiger charge is 2.36. The normalized spacial score (nSPS) is 14.8. The fourth-order valence-corrected chi connectivity index (χ4v) is 5.49. The molecule has 0 saturated carbocycles. The summed E-state index contributed by atoms with van der Waals surface area (Å²) in [6.45, 7) is 2.26. The number of halogens is 2. The molecule has 0 radical (unpaired) electrons. The van der Waals surface area contributed by atoms with Crippen LogP contribution in [0.4, 0.5) is 10.5 Å². The van der Waals surface area contributed by atoms with Crippen LogP contribution in [0.25, 0.3) is 16.8 Å². The van der Waals surface area contributed by atoms with Gasteiger partial charge in [-0.15, -0.1) is 0 Å². The van der Waals surface area contributed by atoms with E-state index in [2.05, 4.69) is 61.4 Å². The predicted molar refractivity (Wildman–Crippen MR) is 150 cm³/mol. The minimum atomic E-state index is -0.782. The topological polar surface area (TPSA) is 75.7 Å².